The molecule has 0 aromatic carbocycles. The van der Waals surface area contributed by atoms with Crippen molar-refractivity contribution in [3.63, 3.8) is 0 Å². The van der Waals surface area contributed by atoms with Gasteiger partial charge in [0.15, 0.2) is 0 Å². The lowest BCUT2D eigenvalue weighted by Gasteiger charge is -2.23. The lowest BCUT2D eigenvalue weighted by molar-refractivity contribution is 0.0991. The second kappa shape index (κ2) is 5.19. The van der Waals surface area contributed by atoms with Crippen LogP contribution in [0.5, 0.6) is 0 Å². The molecule has 0 spiro atoms. The van der Waals surface area contributed by atoms with Crippen molar-refractivity contribution in [2.45, 2.75) is 18.9 Å². The van der Waals surface area contributed by atoms with Crippen molar-refractivity contribution in [1.29, 1.82) is 0 Å². The third kappa shape index (κ3) is 3.76. The lowest BCUT2D eigenvalue weighted by Crippen LogP contribution is -2.47. The second-order valence-electron chi connectivity index (χ2n) is 2.52. The minimum absolute atomic E-state index is 0.117. The fraction of sp³-hybridized carbons (Fsp3) is 0.833. The molecule has 0 aliphatic heterocycles. The number of carbonyl (C=O) groups is 1. The number of hydrogen-bond donors (Lipinski definition) is 2. The molecule has 0 aromatic heterocycles. The molecule has 3 N–H and O–H groups in total. The average molecular weight is 193 g/mol. The highest BCUT2D eigenvalue weighted by Crippen LogP contribution is 2.08. The van der Waals surface area contributed by atoms with E-state index in [4.69, 9.17) is 10.8 Å². The fourth-order valence-corrected chi connectivity index (χ4v) is 0.609. The molecular formula is C6H12NO4P. The van der Waals surface area contributed by atoms with Gasteiger partial charge in [-0.15, -0.1) is 0 Å². The van der Waals surface area contributed by atoms with Gasteiger partial charge < -0.3 is 15.6 Å². The van der Waals surface area contributed by atoms with E-state index >= 15 is 0 Å². The van der Waals surface area contributed by atoms with Gasteiger partial charge in [0, 0.05) is 0 Å². The summed E-state index contributed by atoms with van der Waals surface area (Å²) in [5, 5.41) is 8.77. The quantitative estimate of drug-likeness (QED) is 0.621. The molecule has 0 radical (unpaired) electrons. The van der Waals surface area contributed by atoms with Crippen LogP contribution in [-0.2, 0) is 9.30 Å². The number of carbonyl (C=O) groups excluding carboxylic acids is 1. The average Bonchev–Trinajstić information content (AvgIpc) is 2.13. The molecular weight excluding hydrogens is 181 g/mol. The van der Waals surface area contributed by atoms with Gasteiger partial charge in [-0.2, -0.15) is 0 Å². The van der Waals surface area contributed by atoms with E-state index in [1.807, 2.05) is 0 Å². The van der Waals surface area contributed by atoms with Crippen molar-refractivity contribution in [1.82, 2.24) is 0 Å². The smallest absolute Gasteiger partial charge is 0.398 e. The first-order chi connectivity index (χ1) is 5.58. The summed E-state index contributed by atoms with van der Waals surface area (Å²) in [5.41, 5.74) is 3.78. The molecule has 0 aliphatic carbocycles. The predicted octanol–water partition coefficient (Wildman–Crippen LogP) is 0.514. The number of rotatable bonds is 5. The maximum Gasteiger partial charge on any atom is 0.398 e. The minimum Gasteiger partial charge on any atom is -0.455 e. The lowest BCUT2D eigenvalue weighted by atomic mass is 10.0. The van der Waals surface area contributed by atoms with Crippen LogP contribution >= 0.6 is 8.46 Å². The zero-order valence-electron chi connectivity index (χ0n) is 6.82. The van der Waals surface area contributed by atoms with Crippen molar-refractivity contribution >= 4 is 14.2 Å². The third-order valence-electron chi connectivity index (χ3n) is 1.58. The summed E-state index contributed by atoms with van der Waals surface area (Å²) in [6.45, 7) is 1.37. The summed E-state index contributed by atoms with van der Waals surface area (Å²) in [6, 6.07) is 0. The molecule has 1 unspecified atom stereocenters. The van der Waals surface area contributed by atoms with Gasteiger partial charge in [0.25, 0.3) is 8.46 Å². The van der Waals surface area contributed by atoms with Gasteiger partial charge in [-0.05, 0) is 6.42 Å². The van der Waals surface area contributed by atoms with Crippen LogP contribution in [0, 0.1) is 0 Å². The molecule has 0 bridgehead atoms. The number of aliphatic hydroxyl groups excluding tert-OH is 1. The van der Waals surface area contributed by atoms with Crippen molar-refractivity contribution in [2.75, 3.05) is 13.2 Å². The molecule has 6 heteroatoms. The van der Waals surface area contributed by atoms with E-state index in [0.29, 0.717) is 6.42 Å². The van der Waals surface area contributed by atoms with Gasteiger partial charge in [-0.25, -0.2) is 4.79 Å². The molecule has 0 aromatic rings. The molecule has 12 heavy (non-hydrogen) atoms. The maximum atomic E-state index is 10.4. The largest absolute Gasteiger partial charge is 0.455 e. The number of hydrogen-bond acceptors (Lipinski definition) is 5. The van der Waals surface area contributed by atoms with Crippen LogP contribution in [0.1, 0.15) is 13.3 Å². The van der Waals surface area contributed by atoms with Gasteiger partial charge in [-0.3, -0.25) is 4.57 Å². The van der Waals surface area contributed by atoms with E-state index in [2.05, 4.69) is 4.74 Å². The molecule has 0 saturated carbocycles. The molecule has 0 aliphatic rings. The third-order valence-corrected chi connectivity index (χ3v) is 1.85. The highest BCUT2D eigenvalue weighted by Gasteiger charge is 2.23. The van der Waals surface area contributed by atoms with Crippen LogP contribution in [0.15, 0.2) is 0 Å². The Bertz CT molecular complexity index is 169. The van der Waals surface area contributed by atoms with E-state index in [-0.39, 0.29) is 13.2 Å². The van der Waals surface area contributed by atoms with Crippen molar-refractivity contribution in [3.05, 3.63) is 0 Å². The van der Waals surface area contributed by atoms with Crippen LogP contribution in [-0.4, -0.2) is 29.6 Å². The molecule has 0 amide bonds. The predicted molar refractivity (Wildman–Crippen MR) is 43.2 cm³/mol. The Hall–Kier alpha value is -0.510. The van der Waals surface area contributed by atoms with E-state index in [0.717, 1.165) is 0 Å². The molecule has 0 saturated heterocycles. The van der Waals surface area contributed by atoms with Gasteiger partial charge in [0.1, 0.15) is 6.61 Å². The monoisotopic (exact) mass is 193 g/mol. The van der Waals surface area contributed by atoms with E-state index in [1.54, 1.807) is 6.92 Å². The van der Waals surface area contributed by atoms with Crippen molar-refractivity contribution in [2.24, 2.45) is 5.73 Å². The van der Waals surface area contributed by atoms with Crippen LogP contribution in [0.3, 0.4) is 0 Å². The van der Waals surface area contributed by atoms with Gasteiger partial charge in [-0.1, -0.05) is 6.92 Å². The van der Waals surface area contributed by atoms with Gasteiger partial charge in [0.05, 0.1) is 12.1 Å². The Morgan fingerprint density at radius 2 is 2.33 bits per heavy atom. The van der Waals surface area contributed by atoms with Crippen LogP contribution < -0.4 is 5.73 Å². The number of aliphatic hydroxyl groups is 1. The topological polar surface area (TPSA) is 89.6 Å². The highest BCUT2D eigenvalue weighted by atomic mass is 31.1. The van der Waals surface area contributed by atoms with Crippen LogP contribution in [0.4, 0.5) is 4.79 Å². The Kier molecular flexibility index (Phi) is 4.97. The summed E-state index contributed by atoms with van der Waals surface area (Å²) in [4.78, 5) is 10.4. The summed E-state index contributed by atoms with van der Waals surface area (Å²) in [7, 11) is -0.695. The first-order valence-corrected chi connectivity index (χ1v) is 4.29. The Labute approximate surface area is 72.1 Å². The highest BCUT2D eigenvalue weighted by molar-refractivity contribution is 7.45. The number of nitrogens with two attached hydrogens (primary N) is 1. The molecule has 1 atom stereocenters. The molecule has 70 valence electrons. The maximum absolute atomic E-state index is 10.4. The molecule has 0 heterocycles. The number of ether oxygens (including phenoxy) is 1. The molecule has 5 nitrogen and oxygen atoms in total. The standard InChI is InChI=1S/C6H12NO4P/c1-2-6(7,3-8)4-11-5(9)12-10/h8H,2-4,7H2,1H3. The van der Waals surface area contributed by atoms with Crippen LogP contribution in [0.2, 0.25) is 0 Å². The SMILES string of the molecule is CCC(N)(CO)COC(=O)P=O. The zero-order valence-corrected chi connectivity index (χ0v) is 7.71. The summed E-state index contributed by atoms with van der Waals surface area (Å²) in [6.07, 6.45) is 0.479. The normalized spacial score (nSPS) is 15.6. The Balaban J connectivity index is 3.88. The van der Waals surface area contributed by atoms with E-state index in [9.17, 15) is 9.36 Å². The zero-order chi connectivity index (χ0) is 9.61. The Morgan fingerprint density at radius 3 is 2.67 bits per heavy atom. The second-order valence-corrected chi connectivity index (χ2v) is 3.07. The van der Waals surface area contributed by atoms with E-state index in [1.165, 1.54) is 0 Å². The summed E-state index contributed by atoms with van der Waals surface area (Å²) >= 11 is 0. The Morgan fingerprint density at radius 1 is 1.75 bits per heavy atom. The van der Waals surface area contributed by atoms with Gasteiger partial charge >= 0.3 is 5.71 Å². The summed E-state index contributed by atoms with van der Waals surface area (Å²) < 4.78 is 14.4. The minimum atomic E-state index is -0.916. The first-order valence-electron chi connectivity index (χ1n) is 3.48. The van der Waals surface area contributed by atoms with Gasteiger partial charge in [0.2, 0.25) is 0 Å². The molecule has 0 rings (SSSR count). The fourth-order valence-electron chi connectivity index (χ4n) is 0.491. The van der Waals surface area contributed by atoms with E-state index < -0.39 is 19.7 Å². The molecule has 0 fully saturated rings. The van der Waals surface area contributed by atoms with Crippen molar-refractivity contribution in [3.8, 4) is 0 Å². The van der Waals surface area contributed by atoms with Crippen LogP contribution in [0.25, 0.3) is 0 Å². The summed E-state index contributed by atoms with van der Waals surface area (Å²) in [5.74, 6) is 0. The first kappa shape index (κ1) is 11.5. The van der Waals surface area contributed by atoms with Crippen molar-refractivity contribution < 1.29 is 19.2 Å².